The first kappa shape index (κ1) is 14.9. The first-order valence-electron chi connectivity index (χ1n) is 5.98. The van der Waals surface area contributed by atoms with Crippen LogP contribution in [0.15, 0.2) is 46.9 Å². The standard InChI is InChI=1S/C14H15BrN2O2S/c1-10-5-4-8-13(14(10)15)17-20(18,19)9-11-6-2-3-7-12(11)16/h2-8,17H,9,16H2,1H3. The Labute approximate surface area is 127 Å². The zero-order valence-corrected chi connectivity index (χ0v) is 13.3. The van der Waals surface area contributed by atoms with Gasteiger partial charge in [-0.25, -0.2) is 8.42 Å². The smallest absolute Gasteiger partial charge is 0.237 e. The molecule has 0 saturated heterocycles. The average molecular weight is 355 g/mol. The van der Waals surface area contributed by atoms with E-state index in [2.05, 4.69) is 20.7 Å². The summed E-state index contributed by atoms with van der Waals surface area (Å²) in [5.74, 6) is -0.153. The minimum atomic E-state index is -3.51. The molecule has 6 heteroatoms. The van der Waals surface area contributed by atoms with E-state index in [0.717, 1.165) is 10.0 Å². The lowest BCUT2D eigenvalue weighted by Gasteiger charge is -2.12. The first-order valence-corrected chi connectivity index (χ1v) is 8.42. The van der Waals surface area contributed by atoms with Gasteiger partial charge in [-0.15, -0.1) is 0 Å². The molecule has 4 nitrogen and oxygen atoms in total. The highest BCUT2D eigenvalue weighted by molar-refractivity contribution is 9.10. The highest BCUT2D eigenvalue weighted by Crippen LogP contribution is 2.27. The summed E-state index contributed by atoms with van der Waals surface area (Å²) < 4.78 is 27.7. The summed E-state index contributed by atoms with van der Waals surface area (Å²) in [5.41, 5.74) is 8.32. The second kappa shape index (κ2) is 5.85. The second-order valence-corrected chi connectivity index (χ2v) is 7.01. The van der Waals surface area contributed by atoms with Crippen LogP contribution in [0.4, 0.5) is 11.4 Å². The highest BCUT2D eigenvalue weighted by atomic mass is 79.9. The van der Waals surface area contributed by atoms with Gasteiger partial charge in [0.25, 0.3) is 0 Å². The van der Waals surface area contributed by atoms with Gasteiger partial charge in [0, 0.05) is 10.2 Å². The molecule has 0 bridgehead atoms. The van der Waals surface area contributed by atoms with E-state index in [1.807, 2.05) is 13.0 Å². The molecule has 0 amide bonds. The van der Waals surface area contributed by atoms with Gasteiger partial charge in [-0.1, -0.05) is 30.3 Å². The van der Waals surface area contributed by atoms with Gasteiger partial charge in [-0.2, -0.15) is 0 Å². The maximum absolute atomic E-state index is 12.2. The molecular formula is C14H15BrN2O2S. The van der Waals surface area contributed by atoms with Gasteiger partial charge in [-0.05, 0) is 46.1 Å². The first-order chi connectivity index (χ1) is 9.39. The van der Waals surface area contributed by atoms with Crippen LogP contribution in [0, 0.1) is 6.92 Å². The molecule has 0 saturated carbocycles. The Kier molecular flexibility index (Phi) is 4.35. The van der Waals surface area contributed by atoms with Crippen molar-refractivity contribution in [1.29, 1.82) is 0 Å². The third-order valence-electron chi connectivity index (χ3n) is 2.86. The summed E-state index contributed by atoms with van der Waals surface area (Å²) in [6, 6.07) is 12.3. The van der Waals surface area contributed by atoms with Gasteiger partial charge in [0.05, 0.1) is 11.4 Å². The van der Waals surface area contributed by atoms with Crippen molar-refractivity contribution in [3.63, 3.8) is 0 Å². The number of aryl methyl sites for hydroxylation is 1. The van der Waals surface area contributed by atoms with Crippen molar-refractivity contribution < 1.29 is 8.42 Å². The molecule has 2 aromatic rings. The van der Waals surface area contributed by atoms with E-state index in [1.165, 1.54) is 0 Å². The molecule has 0 heterocycles. The molecule has 0 unspecified atom stereocenters. The largest absolute Gasteiger partial charge is 0.398 e. The lowest BCUT2D eigenvalue weighted by Crippen LogP contribution is -2.16. The van der Waals surface area contributed by atoms with Crippen LogP contribution in [0.1, 0.15) is 11.1 Å². The SMILES string of the molecule is Cc1cccc(NS(=O)(=O)Cc2ccccc2N)c1Br. The number of nitrogens with two attached hydrogens (primary N) is 1. The molecule has 3 N–H and O–H groups in total. The Bertz CT molecular complexity index is 730. The molecule has 0 fully saturated rings. The topological polar surface area (TPSA) is 72.2 Å². The van der Waals surface area contributed by atoms with E-state index in [-0.39, 0.29) is 5.75 Å². The molecule has 106 valence electrons. The van der Waals surface area contributed by atoms with Crippen LogP contribution in [0.25, 0.3) is 0 Å². The molecule has 0 aliphatic heterocycles. The van der Waals surface area contributed by atoms with Crippen molar-refractivity contribution in [2.24, 2.45) is 0 Å². The number of hydrogen-bond donors (Lipinski definition) is 2. The molecule has 20 heavy (non-hydrogen) atoms. The van der Waals surface area contributed by atoms with Crippen LogP contribution in [-0.4, -0.2) is 8.42 Å². The lowest BCUT2D eigenvalue weighted by atomic mass is 10.2. The normalized spacial score (nSPS) is 11.3. The van der Waals surface area contributed by atoms with E-state index in [9.17, 15) is 8.42 Å². The number of benzene rings is 2. The average Bonchev–Trinajstić information content (AvgIpc) is 2.37. The van der Waals surface area contributed by atoms with Crippen molar-refractivity contribution >= 4 is 37.3 Å². The third kappa shape index (κ3) is 3.52. The van der Waals surface area contributed by atoms with Crippen LogP contribution in [0.5, 0.6) is 0 Å². The van der Waals surface area contributed by atoms with Gasteiger partial charge < -0.3 is 5.73 Å². The van der Waals surface area contributed by atoms with Crippen LogP contribution in [0.2, 0.25) is 0 Å². The molecule has 0 aromatic heterocycles. The zero-order chi connectivity index (χ0) is 14.8. The molecule has 2 rings (SSSR count). The highest BCUT2D eigenvalue weighted by Gasteiger charge is 2.15. The summed E-state index contributed by atoms with van der Waals surface area (Å²) in [5, 5.41) is 0. The molecule has 0 aliphatic carbocycles. The van der Waals surface area contributed by atoms with E-state index in [1.54, 1.807) is 36.4 Å². The predicted octanol–water partition coefficient (Wildman–Crippen LogP) is 3.28. The van der Waals surface area contributed by atoms with Gasteiger partial charge in [0.15, 0.2) is 0 Å². The maximum Gasteiger partial charge on any atom is 0.237 e. The molecule has 2 aromatic carbocycles. The number of halogens is 1. The summed E-state index contributed by atoms with van der Waals surface area (Å²) >= 11 is 3.38. The van der Waals surface area contributed by atoms with Gasteiger partial charge in [-0.3, -0.25) is 4.72 Å². The molecule has 0 spiro atoms. The number of nitrogen functional groups attached to an aromatic ring is 1. The number of rotatable bonds is 4. The van der Waals surface area contributed by atoms with Crippen LogP contribution >= 0.6 is 15.9 Å². The van der Waals surface area contributed by atoms with E-state index >= 15 is 0 Å². The summed E-state index contributed by atoms with van der Waals surface area (Å²) in [6.45, 7) is 1.90. The maximum atomic E-state index is 12.2. The van der Waals surface area contributed by atoms with Crippen molar-refractivity contribution in [1.82, 2.24) is 0 Å². The van der Waals surface area contributed by atoms with Crippen LogP contribution in [-0.2, 0) is 15.8 Å². The molecular weight excluding hydrogens is 340 g/mol. The van der Waals surface area contributed by atoms with E-state index in [0.29, 0.717) is 16.9 Å². The molecule has 0 radical (unpaired) electrons. The van der Waals surface area contributed by atoms with Crippen LogP contribution < -0.4 is 10.5 Å². The number of anilines is 2. The number of para-hydroxylation sites is 1. The Morgan fingerprint density at radius 2 is 1.85 bits per heavy atom. The number of sulfonamides is 1. The van der Waals surface area contributed by atoms with Crippen LogP contribution in [0.3, 0.4) is 0 Å². The fraction of sp³-hybridized carbons (Fsp3) is 0.143. The quantitative estimate of drug-likeness (QED) is 0.827. The Balaban J connectivity index is 2.24. The molecule has 0 atom stereocenters. The van der Waals surface area contributed by atoms with E-state index < -0.39 is 10.0 Å². The fourth-order valence-electron chi connectivity index (χ4n) is 1.80. The van der Waals surface area contributed by atoms with Gasteiger partial charge in [0.1, 0.15) is 0 Å². The Morgan fingerprint density at radius 1 is 1.15 bits per heavy atom. The summed E-state index contributed by atoms with van der Waals surface area (Å²) in [6.07, 6.45) is 0. The Hall–Kier alpha value is -1.53. The second-order valence-electron chi connectivity index (χ2n) is 4.50. The zero-order valence-electron chi connectivity index (χ0n) is 10.9. The monoisotopic (exact) mass is 354 g/mol. The minimum absolute atomic E-state index is 0.153. The summed E-state index contributed by atoms with van der Waals surface area (Å²) in [7, 11) is -3.51. The number of nitrogens with one attached hydrogen (secondary N) is 1. The van der Waals surface area contributed by atoms with Crippen molar-refractivity contribution in [2.75, 3.05) is 10.5 Å². The van der Waals surface area contributed by atoms with Crippen molar-refractivity contribution in [3.8, 4) is 0 Å². The Morgan fingerprint density at radius 3 is 2.55 bits per heavy atom. The van der Waals surface area contributed by atoms with Gasteiger partial charge in [0.2, 0.25) is 10.0 Å². The molecule has 0 aliphatic rings. The van der Waals surface area contributed by atoms with Crippen molar-refractivity contribution in [2.45, 2.75) is 12.7 Å². The summed E-state index contributed by atoms with van der Waals surface area (Å²) in [4.78, 5) is 0. The predicted molar refractivity (Wildman–Crippen MR) is 86.0 cm³/mol. The van der Waals surface area contributed by atoms with E-state index in [4.69, 9.17) is 5.73 Å². The van der Waals surface area contributed by atoms with Gasteiger partial charge >= 0.3 is 0 Å². The van der Waals surface area contributed by atoms with Crippen molar-refractivity contribution in [3.05, 3.63) is 58.1 Å². The lowest BCUT2D eigenvalue weighted by molar-refractivity contribution is 0.600. The minimum Gasteiger partial charge on any atom is -0.398 e. The fourth-order valence-corrected chi connectivity index (χ4v) is 3.54. The third-order valence-corrected chi connectivity index (χ3v) is 5.13. The number of hydrogen-bond acceptors (Lipinski definition) is 3.